The van der Waals surface area contributed by atoms with Crippen molar-refractivity contribution in [3.8, 4) is 17.3 Å². The lowest BCUT2D eigenvalue weighted by Crippen LogP contribution is -2.30. The number of rotatable bonds is 7. The predicted molar refractivity (Wildman–Crippen MR) is 147 cm³/mol. The van der Waals surface area contributed by atoms with Gasteiger partial charge in [0.2, 0.25) is 0 Å². The number of carbonyl (C=O) groups is 1. The molecule has 1 aliphatic heterocycles. The first-order valence-corrected chi connectivity index (χ1v) is 13.6. The molecule has 2 heterocycles. The number of hydrogen-bond acceptors (Lipinski definition) is 6. The van der Waals surface area contributed by atoms with Gasteiger partial charge in [0.25, 0.3) is 0 Å². The van der Waals surface area contributed by atoms with Crippen LogP contribution >= 0.6 is 22.9 Å². The number of nitriles is 1. The average Bonchev–Trinajstić information content (AvgIpc) is 3.50. The molecule has 5 nitrogen and oxygen atoms in total. The highest BCUT2D eigenvalue weighted by atomic mass is 35.5. The first kappa shape index (κ1) is 24.7. The Hall–Kier alpha value is -2.98. The van der Waals surface area contributed by atoms with E-state index in [1.165, 1.54) is 33.6 Å². The monoisotopic (exact) mass is 516 g/mol. The predicted octanol–water partition coefficient (Wildman–Crippen LogP) is 6.38. The lowest BCUT2D eigenvalue weighted by atomic mass is 9.93. The normalized spacial score (nSPS) is 19.4. The van der Waals surface area contributed by atoms with Gasteiger partial charge < -0.3 is 9.69 Å². The van der Waals surface area contributed by atoms with E-state index in [4.69, 9.17) is 16.6 Å². The van der Waals surface area contributed by atoms with Gasteiger partial charge in [-0.2, -0.15) is 5.26 Å². The van der Waals surface area contributed by atoms with Gasteiger partial charge in [0.15, 0.2) is 5.13 Å². The maximum absolute atomic E-state index is 10.9. The van der Waals surface area contributed by atoms with Gasteiger partial charge in [0, 0.05) is 30.7 Å². The minimum absolute atomic E-state index is 0.205. The molecular weight excluding hydrogens is 488 g/mol. The topological polar surface area (TPSA) is 60.2 Å². The summed E-state index contributed by atoms with van der Waals surface area (Å²) in [4.78, 5) is 20.9. The number of benzene rings is 2. The Morgan fingerprint density at radius 3 is 2.69 bits per heavy atom. The molecule has 2 aromatic carbocycles. The fourth-order valence-electron chi connectivity index (χ4n) is 5.50. The maximum Gasteiger partial charge on any atom is 0.187 e. The van der Waals surface area contributed by atoms with Gasteiger partial charge in [-0.25, -0.2) is 4.98 Å². The third-order valence-corrected chi connectivity index (χ3v) is 8.77. The third kappa shape index (κ3) is 4.71. The molecule has 0 N–H and O–H groups in total. The van der Waals surface area contributed by atoms with E-state index in [2.05, 4.69) is 54.1 Å². The Morgan fingerprint density at radius 2 is 2.03 bits per heavy atom. The number of nitrogens with zero attached hydrogens (tertiary/aromatic N) is 4. The van der Waals surface area contributed by atoms with Crippen LogP contribution in [0.5, 0.6) is 0 Å². The lowest BCUT2D eigenvalue weighted by Gasteiger charge is -2.30. The highest BCUT2D eigenvalue weighted by Crippen LogP contribution is 2.46. The Balaban J connectivity index is 1.47. The van der Waals surface area contributed by atoms with E-state index in [-0.39, 0.29) is 6.04 Å². The summed E-state index contributed by atoms with van der Waals surface area (Å²) in [6, 6.07) is 17.0. The molecule has 36 heavy (non-hydrogen) atoms. The van der Waals surface area contributed by atoms with Crippen molar-refractivity contribution in [3.05, 3.63) is 75.1 Å². The molecular formula is C29H29ClN4OS. The molecule has 0 fully saturated rings. The van der Waals surface area contributed by atoms with Crippen molar-refractivity contribution in [3.63, 3.8) is 0 Å². The summed E-state index contributed by atoms with van der Waals surface area (Å²) >= 11 is 7.53. The molecule has 2 aliphatic rings. The zero-order valence-corrected chi connectivity index (χ0v) is 22.1. The maximum atomic E-state index is 10.9. The zero-order chi connectivity index (χ0) is 25.2. The minimum atomic E-state index is 0.205. The molecule has 7 heteroatoms. The second-order valence-corrected chi connectivity index (χ2v) is 11.0. The Morgan fingerprint density at radius 1 is 1.25 bits per heavy atom. The molecule has 0 saturated heterocycles. The Kier molecular flexibility index (Phi) is 7.25. The second-order valence-electron chi connectivity index (χ2n) is 9.54. The molecule has 1 aromatic heterocycles. The van der Waals surface area contributed by atoms with Crippen LogP contribution in [-0.4, -0.2) is 42.9 Å². The number of halogens is 1. The number of carbonyl (C=O) groups excluding carboxylic acids is 1. The van der Waals surface area contributed by atoms with Gasteiger partial charge in [0.1, 0.15) is 22.9 Å². The molecule has 0 bridgehead atoms. The van der Waals surface area contributed by atoms with Crippen LogP contribution in [0.25, 0.3) is 16.8 Å². The summed E-state index contributed by atoms with van der Waals surface area (Å²) in [6.07, 6.45) is 6.32. The van der Waals surface area contributed by atoms with E-state index in [0.29, 0.717) is 28.1 Å². The summed E-state index contributed by atoms with van der Waals surface area (Å²) in [7, 11) is 2.11. The van der Waals surface area contributed by atoms with Crippen LogP contribution in [0.4, 0.5) is 5.13 Å². The van der Waals surface area contributed by atoms with Gasteiger partial charge in [-0.3, -0.25) is 4.90 Å². The number of aromatic nitrogens is 1. The summed E-state index contributed by atoms with van der Waals surface area (Å²) < 4.78 is 0. The van der Waals surface area contributed by atoms with Crippen LogP contribution in [0.1, 0.15) is 47.4 Å². The summed E-state index contributed by atoms with van der Waals surface area (Å²) in [5, 5.41) is 11.4. The van der Waals surface area contributed by atoms with E-state index in [0.717, 1.165) is 49.3 Å². The molecule has 184 valence electrons. The quantitative estimate of drug-likeness (QED) is 0.341. The van der Waals surface area contributed by atoms with Crippen molar-refractivity contribution in [2.24, 2.45) is 5.92 Å². The number of hydrogen-bond donors (Lipinski definition) is 0. The largest absolute Gasteiger partial charge is 0.344 e. The molecule has 0 spiro atoms. The van der Waals surface area contributed by atoms with Gasteiger partial charge in [0.05, 0.1) is 12.6 Å². The molecule has 5 rings (SSSR count). The van der Waals surface area contributed by atoms with Crippen molar-refractivity contribution < 1.29 is 4.79 Å². The van der Waals surface area contributed by atoms with Gasteiger partial charge in [-0.1, -0.05) is 66.6 Å². The van der Waals surface area contributed by atoms with Gasteiger partial charge >= 0.3 is 0 Å². The van der Waals surface area contributed by atoms with Crippen molar-refractivity contribution in [1.82, 2.24) is 9.88 Å². The van der Waals surface area contributed by atoms with Crippen LogP contribution in [0, 0.1) is 17.2 Å². The molecule has 2 unspecified atom stereocenters. The Labute approximate surface area is 221 Å². The number of anilines is 1. The SMILES string of the molecule is CCC1Cc2ccc(C3=CCN(CC=O)CC3)cc2C1N(C)c1nc(-c2ccc(Cl)cc2)c(C#N)s1. The van der Waals surface area contributed by atoms with Crippen molar-refractivity contribution in [1.29, 1.82) is 5.26 Å². The molecule has 1 aliphatic carbocycles. The van der Waals surface area contributed by atoms with Crippen LogP contribution in [-0.2, 0) is 11.2 Å². The van der Waals surface area contributed by atoms with Crippen LogP contribution < -0.4 is 4.90 Å². The van der Waals surface area contributed by atoms with Crippen LogP contribution in [0.3, 0.4) is 0 Å². The van der Waals surface area contributed by atoms with E-state index in [1.54, 1.807) is 0 Å². The molecule has 3 aromatic rings. The average molecular weight is 517 g/mol. The second kappa shape index (κ2) is 10.6. The number of aldehydes is 1. The third-order valence-electron chi connectivity index (χ3n) is 7.47. The standard InChI is InChI=1S/C29H29ClN4OS/c1-3-19-16-23-5-4-22(20-10-12-34(13-11-20)14-15-35)17-25(23)28(19)33(2)29-32-27(26(18-31)36-29)21-6-8-24(30)9-7-21/h4-10,15,17,19,28H,3,11-14,16H2,1-2H3. The van der Waals surface area contributed by atoms with Crippen molar-refractivity contribution in [2.45, 2.75) is 32.2 Å². The first-order chi connectivity index (χ1) is 17.5. The highest BCUT2D eigenvalue weighted by molar-refractivity contribution is 7.16. The molecule has 0 amide bonds. The summed E-state index contributed by atoms with van der Waals surface area (Å²) in [5.41, 5.74) is 7.01. The minimum Gasteiger partial charge on any atom is -0.344 e. The van der Waals surface area contributed by atoms with E-state index in [1.807, 2.05) is 24.3 Å². The summed E-state index contributed by atoms with van der Waals surface area (Å²) in [5.74, 6) is 0.483. The molecule has 0 saturated carbocycles. The van der Waals surface area contributed by atoms with Crippen LogP contribution in [0.15, 0.2) is 48.5 Å². The van der Waals surface area contributed by atoms with Crippen molar-refractivity contribution >= 4 is 39.9 Å². The molecule has 0 radical (unpaired) electrons. The number of fused-ring (bicyclic) bond motifs is 1. The number of thiazole rings is 1. The van der Waals surface area contributed by atoms with E-state index < -0.39 is 0 Å². The smallest absolute Gasteiger partial charge is 0.187 e. The van der Waals surface area contributed by atoms with E-state index >= 15 is 0 Å². The lowest BCUT2D eigenvalue weighted by molar-refractivity contribution is -0.108. The highest BCUT2D eigenvalue weighted by Gasteiger charge is 2.36. The van der Waals surface area contributed by atoms with E-state index in [9.17, 15) is 10.1 Å². The van der Waals surface area contributed by atoms with Crippen LogP contribution in [0.2, 0.25) is 5.02 Å². The van der Waals surface area contributed by atoms with Crippen molar-refractivity contribution in [2.75, 3.05) is 31.6 Å². The van der Waals surface area contributed by atoms with Gasteiger partial charge in [-0.05, 0) is 59.2 Å². The fraction of sp³-hybridized carbons (Fsp3) is 0.345. The fourth-order valence-corrected chi connectivity index (χ4v) is 6.51. The summed E-state index contributed by atoms with van der Waals surface area (Å²) in [6.45, 7) is 4.47. The van der Waals surface area contributed by atoms with Gasteiger partial charge in [-0.15, -0.1) is 0 Å². The Bertz CT molecular complexity index is 1340. The first-order valence-electron chi connectivity index (χ1n) is 12.4. The molecule has 2 atom stereocenters. The zero-order valence-electron chi connectivity index (χ0n) is 20.6.